The van der Waals surface area contributed by atoms with Crippen LogP contribution in [0.4, 0.5) is 5.69 Å². The number of rotatable bonds is 7. The van der Waals surface area contributed by atoms with Gasteiger partial charge in [-0.15, -0.1) is 0 Å². The van der Waals surface area contributed by atoms with Gasteiger partial charge in [-0.05, 0) is 68.7 Å². The van der Waals surface area contributed by atoms with Crippen LogP contribution in [0.1, 0.15) is 32.3 Å². The topological polar surface area (TPSA) is 64.4 Å². The maximum absolute atomic E-state index is 12.9. The first-order chi connectivity index (χ1) is 15.1. The summed E-state index contributed by atoms with van der Waals surface area (Å²) in [5.74, 6) is 0.893. The minimum absolute atomic E-state index is 0.0909. The first-order valence-corrected chi connectivity index (χ1v) is 10.8. The standard InChI is InChI=1S/C25H27N3O3/c1-3-31-21-12-10-19(11-13-21)22-14-15-24(29)27(26-22)16-6-9-25(30)28-18(2)17-20-7-4-5-8-23(20)28/h4-5,7-8,10-15,18H,3,6,9,16-17H2,1-2H3. The minimum Gasteiger partial charge on any atom is -0.494 e. The van der Waals surface area contributed by atoms with E-state index in [9.17, 15) is 9.59 Å². The number of nitrogens with zero attached hydrogens (tertiary/aromatic N) is 3. The van der Waals surface area contributed by atoms with Crippen molar-refractivity contribution in [3.05, 3.63) is 76.6 Å². The molecule has 4 rings (SSSR count). The predicted molar refractivity (Wildman–Crippen MR) is 121 cm³/mol. The van der Waals surface area contributed by atoms with Crippen LogP contribution in [0.5, 0.6) is 5.75 Å². The lowest BCUT2D eigenvalue weighted by atomic mass is 10.1. The second-order valence-corrected chi connectivity index (χ2v) is 7.79. The molecule has 2 aromatic carbocycles. The van der Waals surface area contributed by atoms with Crippen LogP contribution in [0.2, 0.25) is 0 Å². The molecule has 0 saturated heterocycles. The first-order valence-electron chi connectivity index (χ1n) is 10.8. The third-order valence-corrected chi connectivity index (χ3v) is 5.56. The molecule has 0 spiro atoms. The maximum Gasteiger partial charge on any atom is 0.266 e. The third-order valence-electron chi connectivity index (χ3n) is 5.56. The fourth-order valence-corrected chi connectivity index (χ4v) is 4.10. The van der Waals surface area contributed by atoms with Gasteiger partial charge in [0.15, 0.2) is 0 Å². The average molecular weight is 418 g/mol. The minimum atomic E-state index is -0.165. The van der Waals surface area contributed by atoms with Crippen molar-refractivity contribution in [2.45, 2.75) is 45.7 Å². The van der Waals surface area contributed by atoms with Crippen LogP contribution in [0.15, 0.2) is 65.5 Å². The molecule has 0 aliphatic carbocycles. The van der Waals surface area contributed by atoms with Crippen LogP contribution in [0.3, 0.4) is 0 Å². The highest BCUT2D eigenvalue weighted by atomic mass is 16.5. The van der Waals surface area contributed by atoms with Gasteiger partial charge in [0.05, 0.1) is 12.3 Å². The Bertz CT molecular complexity index is 1120. The number of amides is 1. The highest BCUT2D eigenvalue weighted by molar-refractivity contribution is 5.96. The predicted octanol–water partition coefficient (Wildman–Crippen LogP) is 4.07. The zero-order chi connectivity index (χ0) is 21.8. The zero-order valence-electron chi connectivity index (χ0n) is 18.0. The normalized spacial score (nSPS) is 15.0. The highest BCUT2D eigenvalue weighted by Gasteiger charge is 2.29. The molecule has 0 saturated carbocycles. The second-order valence-electron chi connectivity index (χ2n) is 7.79. The Morgan fingerprint density at radius 2 is 1.87 bits per heavy atom. The van der Waals surface area contributed by atoms with Crippen LogP contribution in [0, 0.1) is 0 Å². The molecular formula is C25H27N3O3. The summed E-state index contributed by atoms with van der Waals surface area (Å²) in [4.78, 5) is 27.0. The Kier molecular flexibility index (Phi) is 6.16. The molecule has 1 aliphatic heterocycles. The molecule has 1 aliphatic rings. The van der Waals surface area contributed by atoms with Gasteiger partial charge in [0, 0.05) is 36.3 Å². The number of aryl methyl sites for hydroxylation is 1. The van der Waals surface area contributed by atoms with E-state index in [1.54, 1.807) is 6.07 Å². The van der Waals surface area contributed by atoms with E-state index in [0.717, 1.165) is 29.1 Å². The van der Waals surface area contributed by atoms with E-state index in [1.165, 1.54) is 16.3 Å². The second kappa shape index (κ2) is 9.16. The molecule has 1 atom stereocenters. The van der Waals surface area contributed by atoms with Gasteiger partial charge in [0.25, 0.3) is 5.56 Å². The smallest absolute Gasteiger partial charge is 0.266 e. The lowest BCUT2D eigenvalue weighted by Gasteiger charge is -2.22. The van der Waals surface area contributed by atoms with Gasteiger partial charge >= 0.3 is 0 Å². The molecule has 3 aromatic rings. The Morgan fingerprint density at radius 1 is 1.10 bits per heavy atom. The molecule has 0 radical (unpaired) electrons. The van der Waals surface area contributed by atoms with E-state index in [-0.39, 0.29) is 17.5 Å². The summed E-state index contributed by atoms with van der Waals surface area (Å²) in [6.45, 7) is 5.03. The van der Waals surface area contributed by atoms with E-state index in [1.807, 2.05) is 54.3 Å². The molecule has 160 valence electrons. The lowest BCUT2D eigenvalue weighted by molar-refractivity contribution is -0.119. The van der Waals surface area contributed by atoms with Crippen molar-refractivity contribution in [1.82, 2.24) is 9.78 Å². The summed E-state index contributed by atoms with van der Waals surface area (Å²) in [6.07, 6.45) is 1.82. The Hall–Kier alpha value is -3.41. The van der Waals surface area contributed by atoms with E-state index in [2.05, 4.69) is 18.1 Å². The summed E-state index contributed by atoms with van der Waals surface area (Å²) < 4.78 is 6.92. The first kappa shape index (κ1) is 20.8. The molecule has 0 bridgehead atoms. The zero-order valence-corrected chi connectivity index (χ0v) is 18.0. The van der Waals surface area contributed by atoms with Crippen LogP contribution in [-0.2, 0) is 17.8 Å². The number of aromatic nitrogens is 2. The Morgan fingerprint density at radius 3 is 2.65 bits per heavy atom. The number of anilines is 1. The van der Waals surface area contributed by atoms with E-state index >= 15 is 0 Å². The van der Waals surface area contributed by atoms with Crippen LogP contribution in [-0.4, -0.2) is 28.3 Å². The van der Waals surface area contributed by atoms with Gasteiger partial charge in [-0.2, -0.15) is 5.10 Å². The largest absolute Gasteiger partial charge is 0.494 e. The fraction of sp³-hybridized carbons (Fsp3) is 0.320. The molecule has 1 aromatic heterocycles. The third kappa shape index (κ3) is 4.53. The number of carbonyl (C=O) groups excluding carboxylic acids is 1. The monoisotopic (exact) mass is 417 g/mol. The summed E-state index contributed by atoms with van der Waals surface area (Å²) >= 11 is 0. The molecule has 6 heteroatoms. The van der Waals surface area contributed by atoms with Crippen molar-refractivity contribution in [1.29, 1.82) is 0 Å². The van der Waals surface area contributed by atoms with E-state index in [4.69, 9.17) is 4.74 Å². The number of benzene rings is 2. The summed E-state index contributed by atoms with van der Waals surface area (Å²) in [6, 6.07) is 19.1. The maximum atomic E-state index is 12.9. The van der Waals surface area contributed by atoms with Gasteiger partial charge in [-0.1, -0.05) is 18.2 Å². The van der Waals surface area contributed by atoms with Crippen molar-refractivity contribution in [2.24, 2.45) is 0 Å². The van der Waals surface area contributed by atoms with E-state index < -0.39 is 0 Å². The molecular weight excluding hydrogens is 390 g/mol. The molecule has 1 unspecified atom stereocenters. The Balaban J connectivity index is 1.41. The molecule has 1 amide bonds. The summed E-state index contributed by atoms with van der Waals surface area (Å²) in [7, 11) is 0. The molecule has 2 heterocycles. The summed E-state index contributed by atoms with van der Waals surface area (Å²) in [5.41, 5.74) is 3.69. The Labute approximate surface area is 182 Å². The van der Waals surface area contributed by atoms with Crippen molar-refractivity contribution >= 4 is 11.6 Å². The number of hydrogen-bond acceptors (Lipinski definition) is 4. The fourth-order valence-electron chi connectivity index (χ4n) is 4.10. The lowest BCUT2D eigenvalue weighted by Crippen LogP contribution is -2.35. The number of ether oxygens (including phenoxy) is 1. The van der Waals surface area contributed by atoms with Crippen molar-refractivity contribution in [2.75, 3.05) is 11.5 Å². The number of carbonyl (C=O) groups is 1. The number of para-hydroxylation sites is 1. The van der Waals surface area contributed by atoms with Gasteiger partial charge < -0.3 is 9.64 Å². The molecule has 31 heavy (non-hydrogen) atoms. The molecule has 0 N–H and O–H groups in total. The van der Waals surface area contributed by atoms with Gasteiger partial charge in [0.2, 0.25) is 5.91 Å². The average Bonchev–Trinajstić information content (AvgIpc) is 3.11. The van der Waals surface area contributed by atoms with Gasteiger partial charge in [0.1, 0.15) is 5.75 Å². The van der Waals surface area contributed by atoms with Gasteiger partial charge in [-0.25, -0.2) is 4.68 Å². The SMILES string of the molecule is CCOc1ccc(-c2ccc(=O)n(CCCC(=O)N3c4ccccc4CC3C)n2)cc1. The van der Waals surface area contributed by atoms with Crippen LogP contribution < -0.4 is 15.2 Å². The highest BCUT2D eigenvalue weighted by Crippen LogP contribution is 2.32. The van der Waals surface area contributed by atoms with Crippen LogP contribution in [0.25, 0.3) is 11.3 Å². The van der Waals surface area contributed by atoms with Crippen molar-refractivity contribution in [3.8, 4) is 17.0 Å². The van der Waals surface area contributed by atoms with Gasteiger partial charge in [-0.3, -0.25) is 9.59 Å². The molecule has 0 fully saturated rings. The van der Waals surface area contributed by atoms with Crippen LogP contribution >= 0.6 is 0 Å². The number of hydrogen-bond donors (Lipinski definition) is 0. The number of fused-ring (bicyclic) bond motifs is 1. The molecule has 6 nitrogen and oxygen atoms in total. The van der Waals surface area contributed by atoms with Crippen molar-refractivity contribution in [3.63, 3.8) is 0 Å². The quantitative estimate of drug-likeness (QED) is 0.581. The van der Waals surface area contributed by atoms with Crippen molar-refractivity contribution < 1.29 is 9.53 Å². The van der Waals surface area contributed by atoms with E-state index in [0.29, 0.717) is 26.0 Å². The summed E-state index contributed by atoms with van der Waals surface area (Å²) in [5, 5.41) is 4.50.